The molecule has 1 spiro atoms. The molecule has 1 saturated heterocycles. The van der Waals surface area contributed by atoms with Crippen molar-refractivity contribution < 1.29 is 9.84 Å². The van der Waals surface area contributed by atoms with Gasteiger partial charge < -0.3 is 20.5 Å². The second-order valence-corrected chi connectivity index (χ2v) is 13.3. The Hall–Kier alpha value is -2.36. The molecule has 38 heavy (non-hydrogen) atoms. The third-order valence-corrected chi connectivity index (χ3v) is 9.91. The van der Waals surface area contributed by atoms with Crippen LogP contribution in [0.5, 0.6) is 0 Å². The first-order chi connectivity index (χ1) is 18.2. The minimum Gasteiger partial charge on any atom is -0.390 e. The van der Waals surface area contributed by atoms with Crippen molar-refractivity contribution in [2.24, 2.45) is 5.92 Å². The van der Waals surface area contributed by atoms with Crippen LogP contribution < -0.4 is 10.6 Å². The van der Waals surface area contributed by atoms with Crippen molar-refractivity contribution in [1.29, 1.82) is 0 Å². The van der Waals surface area contributed by atoms with Crippen molar-refractivity contribution in [1.82, 2.24) is 19.9 Å². The zero-order valence-electron chi connectivity index (χ0n) is 23.0. The SMILES string of the molecule is Cc1nc(NC2COC3(CCCCC3)C2)nc(NC2CCC(C(C)(C)O)C2)c1-c1nc2c(C)nccc2s1. The molecule has 3 aromatic rings. The molecule has 204 valence electrons. The molecule has 0 radical (unpaired) electrons. The third kappa shape index (κ3) is 5.12. The maximum Gasteiger partial charge on any atom is 0.225 e. The molecule has 2 saturated carbocycles. The molecule has 3 N–H and O–H groups in total. The summed E-state index contributed by atoms with van der Waals surface area (Å²) in [7, 11) is 0. The number of nitrogens with zero attached hydrogens (tertiary/aromatic N) is 4. The Morgan fingerprint density at radius 2 is 1.84 bits per heavy atom. The summed E-state index contributed by atoms with van der Waals surface area (Å²) >= 11 is 1.66. The largest absolute Gasteiger partial charge is 0.390 e. The van der Waals surface area contributed by atoms with Crippen LogP contribution in [-0.2, 0) is 4.74 Å². The van der Waals surface area contributed by atoms with Crippen molar-refractivity contribution >= 4 is 33.3 Å². The van der Waals surface area contributed by atoms with E-state index in [1.165, 1.54) is 19.3 Å². The lowest BCUT2D eigenvalue weighted by Gasteiger charge is -2.32. The van der Waals surface area contributed by atoms with Gasteiger partial charge in [-0.05, 0) is 78.2 Å². The number of hydrogen-bond donors (Lipinski definition) is 3. The van der Waals surface area contributed by atoms with Crippen LogP contribution in [0.15, 0.2) is 12.3 Å². The Kier molecular flexibility index (Phi) is 6.81. The lowest BCUT2D eigenvalue weighted by molar-refractivity contribution is -0.0244. The van der Waals surface area contributed by atoms with Crippen molar-refractivity contribution in [3.05, 3.63) is 23.7 Å². The summed E-state index contributed by atoms with van der Waals surface area (Å²) in [5.41, 5.74) is 3.08. The quantitative estimate of drug-likeness (QED) is 0.351. The molecule has 3 aliphatic rings. The summed E-state index contributed by atoms with van der Waals surface area (Å²) in [6.07, 6.45) is 11.9. The fourth-order valence-corrected chi connectivity index (χ4v) is 7.81. The zero-order chi connectivity index (χ0) is 26.5. The number of fused-ring (bicyclic) bond motifs is 1. The molecular weight excluding hydrogens is 496 g/mol. The minimum absolute atomic E-state index is 0.0365. The molecule has 9 heteroatoms. The molecule has 8 nitrogen and oxygen atoms in total. The van der Waals surface area contributed by atoms with Crippen molar-refractivity contribution in [2.75, 3.05) is 17.2 Å². The fraction of sp³-hybridized carbons (Fsp3) is 0.655. The fourth-order valence-electron chi connectivity index (χ4n) is 6.70. The average molecular weight is 537 g/mol. The van der Waals surface area contributed by atoms with Gasteiger partial charge in [0.2, 0.25) is 5.95 Å². The van der Waals surface area contributed by atoms with E-state index in [9.17, 15) is 5.11 Å². The number of rotatable bonds is 6. The summed E-state index contributed by atoms with van der Waals surface area (Å²) in [5.74, 6) is 1.73. The van der Waals surface area contributed by atoms with Gasteiger partial charge in [-0.25, -0.2) is 9.97 Å². The molecule has 0 amide bonds. The normalized spacial score (nSPS) is 25.3. The number of nitrogens with one attached hydrogen (secondary N) is 2. The first kappa shape index (κ1) is 25.9. The van der Waals surface area contributed by atoms with Gasteiger partial charge in [0.15, 0.2) is 0 Å². The van der Waals surface area contributed by atoms with Crippen molar-refractivity contribution in [3.8, 4) is 10.6 Å². The Bertz CT molecular complexity index is 1310. The van der Waals surface area contributed by atoms with Crippen molar-refractivity contribution in [2.45, 2.75) is 109 Å². The Balaban J connectivity index is 1.31. The molecule has 3 fully saturated rings. The van der Waals surface area contributed by atoms with Crippen LogP contribution in [-0.4, -0.2) is 54.9 Å². The van der Waals surface area contributed by atoms with Gasteiger partial charge in [0.25, 0.3) is 0 Å². The molecule has 0 aromatic carbocycles. The highest BCUT2D eigenvalue weighted by atomic mass is 32.1. The van der Waals surface area contributed by atoms with Crippen LogP contribution >= 0.6 is 11.3 Å². The lowest BCUT2D eigenvalue weighted by Crippen LogP contribution is -2.32. The van der Waals surface area contributed by atoms with Crippen LogP contribution in [0.25, 0.3) is 20.8 Å². The lowest BCUT2D eigenvalue weighted by atomic mass is 9.82. The van der Waals surface area contributed by atoms with E-state index in [0.29, 0.717) is 12.6 Å². The molecule has 3 unspecified atom stereocenters. The third-order valence-electron chi connectivity index (χ3n) is 8.87. The topological polar surface area (TPSA) is 105 Å². The Morgan fingerprint density at radius 1 is 1.03 bits per heavy atom. The second kappa shape index (κ2) is 9.99. The van der Waals surface area contributed by atoms with E-state index >= 15 is 0 Å². The Labute approximate surface area is 229 Å². The van der Waals surface area contributed by atoms with Crippen LogP contribution in [0.4, 0.5) is 11.8 Å². The molecule has 0 bridgehead atoms. The predicted octanol–water partition coefficient (Wildman–Crippen LogP) is 6.02. The summed E-state index contributed by atoms with van der Waals surface area (Å²) in [5, 5.41) is 18.9. The van der Waals surface area contributed by atoms with E-state index in [2.05, 4.69) is 15.6 Å². The maximum atomic E-state index is 10.6. The number of ether oxygens (including phenoxy) is 1. The maximum absolute atomic E-state index is 10.6. The number of thiazole rings is 1. The van der Waals surface area contributed by atoms with Gasteiger partial charge in [-0.1, -0.05) is 19.3 Å². The summed E-state index contributed by atoms with van der Waals surface area (Å²) in [4.78, 5) is 19.4. The molecule has 3 atom stereocenters. The molecule has 1 aliphatic heterocycles. The zero-order valence-corrected chi connectivity index (χ0v) is 23.8. The number of pyridine rings is 1. The predicted molar refractivity (Wildman–Crippen MR) is 153 cm³/mol. The van der Waals surface area contributed by atoms with Crippen molar-refractivity contribution in [3.63, 3.8) is 0 Å². The number of anilines is 2. The highest BCUT2D eigenvalue weighted by molar-refractivity contribution is 7.21. The summed E-state index contributed by atoms with van der Waals surface area (Å²) in [6, 6.07) is 2.48. The molecular formula is C29H40N6O2S. The van der Waals surface area contributed by atoms with Crippen LogP contribution in [0.1, 0.15) is 83.0 Å². The van der Waals surface area contributed by atoms with Crippen LogP contribution in [0, 0.1) is 19.8 Å². The number of aliphatic hydroxyl groups is 1. The monoisotopic (exact) mass is 536 g/mol. The molecule has 4 heterocycles. The highest BCUT2D eigenvalue weighted by Crippen LogP contribution is 2.42. The van der Waals surface area contributed by atoms with Gasteiger partial charge in [0.05, 0.1) is 45.5 Å². The minimum atomic E-state index is -0.678. The highest BCUT2D eigenvalue weighted by Gasteiger charge is 2.41. The molecule has 6 rings (SSSR count). The van der Waals surface area contributed by atoms with Gasteiger partial charge in [0, 0.05) is 12.2 Å². The number of hydrogen-bond acceptors (Lipinski definition) is 9. The molecule has 2 aliphatic carbocycles. The smallest absolute Gasteiger partial charge is 0.225 e. The van der Waals surface area contributed by atoms with Gasteiger partial charge in [0.1, 0.15) is 16.3 Å². The summed E-state index contributed by atoms with van der Waals surface area (Å²) in [6.45, 7) is 8.59. The first-order valence-electron chi connectivity index (χ1n) is 14.2. The average Bonchev–Trinajstić information content (AvgIpc) is 3.59. The Morgan fingerprint density at radius 3 is 2.58 bits per heavy atom. The van der Waals surface area contributed by atoms with Gasteiger partial charge >= 0.3 is 0 Å². The number of aryl methyl sites for hydroxylation is 2. The van der Waals surface area contributed by atoms with E-state index < -0.39 is 5.60 Å². The molecule has 3 aromatic heterocycles. The standard InChI is InChI=1S/C29H40N6O2S/c1-17-23(26-34-24-18(2)30-13-10-22(24)38-26)25(32-20-9-8-19(14-20)28(3,4)36)35-27(31-17)33-21-15-29(37-16-21)11-6-5-7-12-29/h10,13,19-21,36H,5-9,11-12,14-16H2,1-4H3,(H2,31,32,33,35). The second-order valence-electron chi connectivity index (χ2n) is 12.2. The van der Waals surface area contributed by atoms with Crippen LogP contribution in [0.3, 0.4) is 0 Å². The van der Waals surface area contributed by atoms with Crippen LogP contribution in [0.2, 0.25) is 0 Å². The van der Waals surface area contributed by atoms with E-state index in [1.807, 2.05) is 40.0 Å². The van der Waals surface area contributed by atoms with E-state index in [-0.39, 0.29) is 23.6 Å². The van der Waals surface area contributed by atoms with Gasteiger partial charge in [-0.2, -0.15) is 4.98 Å². The van der Waals surface area contributed by atoms with E-state index in [0.717, 1.165) is 76.5 Å². The number of aromatic nitrogens is 4. The first-order valence-corrected chi connectivity index (χ1v) is 15.0. The van der Waals surface area contributed by atoms with Gasteiger partial charge in [-0.15, -0.1) is 11.3 Å². The summed E-state index contributed by atoms with van der Waals surface area (Å²) < 4.78 is 7.46. The van der Waals surface area contributed by atoms with E-state index in [4.69, 9.17) is 19.7 Å². The van der Waals surface area contributed by atoms with Gasteiger partial charge in [-0.3, -0.25) is 4.98 Å². The van der Waals surface area contributed by atoms with E-state index in [1.54, 1.807) is 11.3 Å².